The molecule has 0 radical (unpaired) electrons. The number of hydrogen-bond acceptors (Lipinski definition) is 1. The Morgan fingerprint density at radius 1 is 1.27 bits per heavy atom. The van der Waals surface area contributed by atoms with E-state index < -0.39 is 0 Å². The van der Waals surface area contributed by atoms with E-state index >= 15 is 0 Å². The van der Waals surface area contributed by atoms with Crippen LogP contribution in [0.4, 0.5) is 0 Å². The molecule has 1 N–H and O–H groups in total. The van der Waals surface area contributed by atoms with Crippen LogP contribution in [0, 0.1) is 0 Å². The molecule has 0 aliphatic rings. The molecule has 0 bridgehead atoms. The van der Waals surface area contributed by atoms with Crippen molar-refractivity contribution in [1.82, 2.24) is 0 Å². The van der Waals surface area contributed by atoms with E-state index in [0.29, 0.717) is 0 Å². The smallest absolute Gasteiger partial charge is 0.0639 e. The predicted molar refractivity (Wildman–Crippen MR) is 49.5 cm³/mol. The molecule has 1 heteroatoms. The van der Waals surface area contributed by atoms with E-state index in [1.807, 2.05) is 6.92 Å². The highest BCUT2D eigenvalue weighted by atomic mass is 16.3. The molecule has 0 aromatic heterocycles. The summed E-state index contributed by atoms with van der Waals surface area (Å²) >= 11 is 0. The van der Waals surface area contributed by atoms with Gasteiger partial charge in [0.2, 0.25) is 0 Å². The fraction of sp³-hybridized carbons (Fsp3) is 0.600. The molecule has 64 valence electrons. The highest BCUT2D eigenvalue weighted by molar-refractivity contribution is 5.02. The van der Waals surface area contributed by atoms with Crippen LogP contribution < -0.4 is 0 Å². The maximum Gasteiger partial charge on any atom is 0.0639 e. The highest BCUT2D eigenvalue weighted by Gasteiger charge is 1.87. The molecule has 11 heavy (non-hydrogen) atoms. The number of aliphatic hydroxyl groups excluding tert-OH is 1. The first-order valence-electron chi connectivity index (χ1n) is 4.09. The Morgan fingerprint density at radius 3 is 2.36 bits per heavy atom. The fourth-order valence-electron chi connectivity index (χ4n) is 0.755. The molecular weight excluding hydrogens is 136 g/mol. The minimum atomic E-state index is 0.189. The average Bonchev–Trinajstić information content (AvgIpc) is 2.04. The third-order valence-electron chi connectivity index (χ3n) is 1.77. The number of allylic oxidation sites excluding steroid dienone is 3. The van der Waals surface area contributed by atoms with E-state index in [2.05, 4.69) is 26.0 Å². The van der Waals surface area contributed by atoms with Gasteiger partial charge in [0.1, 0.15) is 0 Å². The molecule has 0 spiro atoms. The molecule has 0 aromatic rings. The van der Waals surface area contributed by atoms with Crippen LogP contribution in [0.1, 0.15) is 33.6 Å². The summed E-state index contributed by atoms with van der Waals surface area (Å²) in [6.45, 7) is 6.32. The van der Waals surface area contributed by atoms with Crippen molar-refractivity contribution in [3.63, 3.8) is 0 Å². The van der Waals surface area contributed by atoms with E-state index in [0.717, 1.165) is 18.4 Å². The van der Waals surface area contributed by atoms with E-state index in [-0.39, 0.29) is 6.61 Å². The van der Waals surface area contributed by atoms with Gasteiger partial charge >= 0.3 is 0 Å². The standard InChI is InChI=1S/C10H18O/c1-4-9(2)6-5-7-10(3)8-11/h4,7,11H,5-6,8H2,1-3H3/b9-4?,10-7+. The van der Waals surface area contributed by atoms with Crippen molar-refractivity contribution in [2.24, 2.45) is 0 Å². The van der Waals surface area contributed by atoms with Gasteiger partial charge in [-0.3, -0.25) is 0 Å². The van der Waals surface area contributed by atoms with Crippen LogP contribution in [-0.4, -0.2) is 11.7 Å². The van der Waals surface area contributed by atoms with Crippen molar-refractivity contribution in [2.45, 2.75) is 33.6 Å². The van der Waals surface area contributed by atoms with Gasteiger partial charge in [-0.1, -0.05) is 23.3 Å². The lowest BCUT2D eigenvalue weighted by Gasteiger charge is -1.97. The van der Waals surface area contributed by atoms with Gasteiger partial charge in [0, 0.05) is 0 Å². The summed E-state index contributed by atoms with van der Waals surface area (Å²) in [6, 6.07) is 0. The maximum atomic E-state index is 8.67. The number of aliphatic hydroxyl groups is 1. The molecule has 1 nitrogen and oxygen atoms in total. The zero-order valence-electron chi connectivity index (χ0n) is 7.72. The van der Waals surface area contributed by atoms with Gasteiger partial charge < -0.3 is 5.11 Å². The van der Waals surface area contributed by atoms with Crippen molar-refractivity contribution in [3.05, 3.63) is 23.3 Å². The Morgan fingerprint density at radius 2 is 1.91 bits per heavy atom. The lowest BCUT2D eigenvalue weighted by molar-refractivity contribution is 0.331. The largest absolute Gasteiger partial charge is 0.392 e. The Balaban J connectivity index is 3.56. The molecule has 0 rings (SSSR count). The van der Waals surface area contributed by atoms with Crippen molar-refractivity contribution in [3.8, 4) is 0 Å². The molecule has 0 aliphatic carbocycles. The Labute approximate surface area is 69.4 Å². The quantitative estimate of drug-likeness (QED) is 0.617. The minimum absolute atomic E-state index is 0.189. The summed E-state index contributed by atoms with van der Waals surface area (Å²) in [5.74, 6) is 0. The topological polar surface area (TPSA) is 20.2 Å². The summed E-state index contributed by atoms with van der Waals surface area (Å²) in [5.41, 5.74) is 2.47. The third-order valence-corrected chi connectivity index (χ3v) is 1.77. The normalized spacial score (nSPS) is 13.8. The first-order chi connectivity index (χ1) is 5.20. The van der Waals surface area contributed by atoms with Crippen LogP contribution in [0.5, 0.6) is 0 Å². The van der Waals surface area contributed by atoms with Crippen LogP contribution in [0.3, 0.4) is 0 Å². The lowest BCUT2D eigenvalue weighted by atomic mass is 10.1. The molecule has 0 amide bonds. The van der Waals surface area contributed by atoms with Crippen LogP contribution in [-0.2, 0) is 0 Å². The predicted octanol–water partition coefficient (Wildman–Crippen LogP) is 2.67. The monoisotopic (exact) mass is 154 g/mol. The third kappa shape index (κ3) is 5.86. The van der Waals surface area contributed by atoms with Gasteiger partial charge in [-0.2, -0.15) is 0 Å². The van der Waals surface area contributed by atoms with Crippen LogP contribution in [0.15, 0.2) is 23.3 Å². The van der Waals surface area contributed by atoms with E-state index in [9.17, 15) is 0 Å². The summed E-state index contributed by atoms with van der Waals surface area (Å²) in [6.07, 6.45) is 6.37. The molecule has 0 saturated carbocycles. The van der Waals surface area contributed by atoms with Crippen LogP contribution in [0.25, 0.3) is 0 Å². The molecule has 0 aliphatic heterocycles. The summed E-state index contributed by atoms with van der Waals surface area (Å²) in [7, 11) is 0. The number of rotatable bonds is 4. The van der Waals surface area contributed by atoms with Crippen LogP contribution in [0.2, 0.25) is 0 Å². The molecule has 0 atom stereocenters. The second-order valence-electron chi connectivity index (χ2n) is 2.88. The van der Waals surface area contributed by atoms with E-state index in [4.69, 9.17) is 5.11 Å². The summed E-state index contributed by atoms with van der Waals surface area (Å²) in [4.78, 5) is 0. The van der Waals surface area contributed by atoms with Gasteiger partial charge in [-0.05, 0) is 33.6 Å². The highest BCUT2D eigenvalue weighted by Crippen LogP contribution is 2.05. The summed E-state index contributed by atoms with van der Waals surface area (Å²) < 4.78 is 0. The van der Waals surface area contributed by atoms with Gasteiger partial charge in [0.15, 0.2) is 0 Å². The Hall–Kier alpha value is -0.560. The van der Waals surface area contributed by atoms with Crippen molar-refractivity contribution >= 4 is 0 Å². The second kappa shape index (κ2) is 6.17. The van der Waals surface area contributed by atoms with Gasteiger partial charge in [0.25, 0.3) is 0 Å². The average molecular weight is 154 g/mol. The molecule has 0 fully saturated rings. The molecule has 0 saturated heterocycles. The van der Waals surface area contributed by atoms with Gasteiger partial charge in [-0.15, -0.1) is 0 Å². The second-order valence-corrected chi connectivity index (χ2v) is 2.88. The zero-order valence-corrected chi connectivity index (χ0v) is 7.72. The number of hydrogen-bond donors (Lipinski definition) is 1. The van der Waals surface area contributed by atoms with Crippen molar-refractivity contribution < 1.29 is 5.11 Å². The van der Waals surface area contributed by atoms with E-state index in [1.54, 1.807) is 0 Å². The van der Waals surface area contributed by atoms with Crippen LogP contribution >= 0.6 is 0 Å². The SMILES string of the molecule is CC=C(C)CC/C=C(\C)CO. The molecule has 0 aromatic carbocycles. The first kappa shape index (κ1) is 10.4. The molecular formula is C10H18O. The first-order valence-corrected chi connectivity index (χ1v) is 4.09. The Bertz CT molecular complexity index is 154. The van der Waals surface area contributed by atoms with Crippen molar-refractivity contribution in [1.29, 1.82) is 0 Å². The zero-order chi connectivity index (χ0) is 8.69. The molecule has 0 unspecified atom stereocenters. The maximum absolute atomic E-state index is 8.67. The molecule has 0 heterocycles. The fourth-order valence-corrected chi connectivity index (χ4v) is 0.755. The van der Waals surface area contributed by atoms with Gasteiger partial charge in [0.05, 0.1) is 6.61 Å². The lowest BCUT2D eigenvalue weighted by Crippen LogP contribution is -1.83. The Kier molecular flexibility index (Phi) is 5.86. The van der Waals surface area contributed by atoms with E-state index in [1.165, 1.54) is 5.57 Å². The summed E-state index contributed by atoms with van der Waals surface area (Å²) in [5, 5.41) is 8.67. The van der Waals surface area contributed by atoms with Gasteiger partial charge in [-0.25, -0.2) is 0 Å². The minimum Gasteiger partial charge on any atom is -0.392 e. The van der Waals surface area contributed by atoms with Crippen molar-refractivity contribution in [2.75, 3.05) is 6.61 Å².